The van der Waals surface area contributed by atoms with Crippen molar-refractivity contribution < 1.29 is 9.53 Å². The SMILES string of the molecule is CCNC(=NCc1cccc(OCC(N)=O)c1)NCc1ccccc1-n1nc(C)cc1C. The van der Waals surface area contributed by atoms with Crippen molar-refractivity contribution in [3.8, 4) is 11.4 Å². The summed E-state index contributed by atoms with van der Waals surface area (Å²) >= 11 is 0. The number of nitrogens with two attached hydrogens (primary N) is 1. The normalized spacial score (nSPS) is 11.3. The number of hydrogen-bond donors (Lipinski definition) is 3. The van der Waals surface area contributed by atoms with Crippen molar-refractivity contribution in [2.75, 3.05) is 13.2 Å². The summed E-state index contributed by atoms with van der Waals surface area (Å²) in [6.45, 7) is 7.73. The van der Waals surface area contributed by atoms with E-state index in [-0.39, 0.29) is 6.61 Å². The lowest BCUT2D eigenvalue weighted by Gasteiger charge is -2.15. The smallest absolute Gasteiger partial charge is 0.255 e. The van der Waals surface area contributed by atoms with Crippen LogP contribution < -0.4 is 21.1 Å². The standard InChI is InChI=1S/C24H30N6O2/c1-4-26-24(27-14-19-8-7-10-21(13-19)32-16-23(25)31)28-15-20-9-5-6-11-22(20)30-18(3)12-17(2)29-30/h5-13H,4,14-16H2,1-3H3,(H2,25,31)(H2,26,27,28). The Morgan fingerprint density at radius 1 is 1.12 bits per heavy atom. The molecule has 4 N–H and O–H groups in total. The summed E-state index contributed by atoms with van der Waals surface area (Å²) in [5, 5.41) is 11.3. The molecule has 0 bridgehead atoms. The minimum Gasteiger partial charge on any atom is -0.484 e. The number of carbonyl (C=O) groups excluding carboxylic acids is 1. The lowest BCUT2D eigenvalue weighted by Crippen LogP contribution is -2.37. The van der Waals surface area contributed by atoms with Crippen LogP contribution in [0.3, 0.4) is 0 Å². The van der Waals surface area contributed by atoms with E-state index >= 15 is 0 Å². The van der Waals surface area contributed by atoms with E-state index in [9.17, 15) is 4.79 Å². The summed E-state index contributed by atoms with van der Waals surface area (Å²) in [4.78, 5) is 15.6. The zero-order valence-corrected chi connectivity index (χ0v) is 18.8. The van der Waals surface area contributed by atoms with Crippen LogP contribution in [0.2, 0.25) is 0 Å². The molecule has 0 unspecified atom stereocenters. The minimum absolute atomic E-state index is 0.147. The molecular formula is C24H30N6O2. The molecule has 0 aliphatic carbocycles. The van der Waals surface area contributed by atoms with Gasteiger partial charge in [0.1, 0.15) is 5.75 Å². The topological polar surface area (TPSA) is 107 Å². The third kappa shape index (κ3) is 6.34. The van der Waals surface area contributed by atoms with Gasteiger partial charge in [-0.1, -0.05) is 30.3 Å². The van der Waals surface area contributed by atoms with E-state index in [0.717, 1.165) is 34.7 Å². The maximum absolute atomic E-state index is 10.9. The third-order valence-corrected chi connectivity index (χ3v) is 4.72. The Morgan fingerprint density at radius 3 is 2.66 bits per heavy atom. The predicted molar refractivity (Wildman–Crippen MR) is 126 cm³/mol. The molecule has 168 valence electrons. The van der Waals surface area contributed by atoms with E-state index in [1.165, 1.54) is 0 Å². The van der Waals surface area contributed by atoms with Crippen molar-refractivity contribution in [2.24, 2.45) is 10.7 Å². The Kier molecular flexibility index (Phi) is 7.85. The van der Waals surface area contributed by atoms with Crippen LogP contribution in [0.5, 0.6) is 5.75 Å². The van der Waals surface area contributed by atoms with E-state index in [4.69, 9.17) is 10.5 Å². The molecule has 8 nitrogen and oxygen atoms in total. The van der Waals surface area contributed by atoms with Crippen molar-refractivity contribution in [3.63, 3.8) is 0 Å². The number of primary amides is 1. The van der Waals surface area contributed by atoms with Gasteiger partial charge >= 0.3 is 0 Å². The molecule has 3 aromatic rings. The molecular weight excluding hydrogens is 404 g/mol. The molecule has 1 aromatic heterocycles. The monoisotopic (exact) mass is 434 g/mol. The van der Waals surface area contributed by atoms with E-state index in [0.29, 0.717) is 24.8 Å². The fourth-order valence-electron chi connectivity index (χ4n) is 3.32. The van der Waals surface area contributed by atoms with Crippen LogP contribution in [0.4, 0.5) is 0 Å². The number of rotatable bonds is 9. The first-order valence-corrected chi connectivity index (χ1v) is 10.6. The maximum atomic E-state index is 10.9. The number of para-hydroxylation sites is 1. The molecule has 0 radical (unpaired) electrons. The van der Waals surface area contributed by atoms with E-state index in [1.54, 1.807) is 6.07 Å². The predicted octanol–water partition coefficient (Wildman–Crippen LogP) is 2.61. The first kappa shape index (κ1) is 22.9. The van der Waals surface area contributed by atoms with Crippen molar-refractivity contribution in [3.05, 3.63) is 77.1 Å². The average molecular weight is 435 g/mol. The zero-order chi connectivity index (χ0) is 22.9. The van der Waals surface area contributed by atoms with Gasteiger partial charge in [-0.15, -0.1) is 0 Å². The second kappa shape index (κ2) is 11.0. The quantitative estimate of drug-likeness (QED) is 0.355. The lowest BCUT2D eigenvalue weighted by molar-refractivity contribution is -0.119. The molecule has 0 spiro atoms. The average Bonchev–Trinajstić information content (AvgIpc) is 3.12. The Labute approximate surface area is 188 Å². The van der Waals surface area contributed by atoms with Crippen LogP contribution in [-0.4, -0.2) is 34.8 Å². The molecule has 0 aliphatic heterocycles. The first-order valence-electron chi connectivity index (χ1n) is 10.6. The number of ether oxygens (including phenoxy) is 1. The van der Waals surface area contributed by atoms with Crippen LogP contribution in [0.1, 0.15) is 29.4 Å². The summed E-state index contributed by atoms with van der Waals surface area (Å²) < 4.78 is 7.34. The van der Waals surface area contributed by atoms with Gasteiger partial charge < -0.3 is 21.1 Å². The highest BCUT2D eigenvalue weighted by Crippen LogP contribution is 2.17. The van der Waals surface area contributed by atoms with Gasteiger partial charge in [0, 0.05) is 18.8 Å². The highest BCUT2D eigenvalue weighted by atomic mass is 16.5. The minimum atomic E-state index is -0.507. The van der Waals surface area contributed by atoms with Crippen LogP contribution in [-0.2, 0) is 17.9 Å². The second-order valence-electron chi connectivity index (χ2n) is 7.42. The number of benzene rings is 2. The van der Waals surface area contributed by atoms with Gasteiger partial charge in [0.25, 0.3) is 5.91 Å². The highest BCUT2D eigenvalue weighted by molar-refractivity contribution is 5.79. The zero-order valence-electron chi connectivity index (χ0n) is 18.8. The number of aliphatic imine (C=N–C) groups is 1. The van der Waals surface area contributed by atoms with Gasteiger partial charge in [-0.3, -0.25) is 4.79 Å². The first-order chi connectivity index (χ1) is 15.5. The highest BCUT2D eigenvalue weighted by Gasteiger charge is 2.09. The molecule has 0 fully saturated rings. The maximum Gasteiger partial charge on any atom is 0.255 e. The third-order valence-electron chi connectivity index (χ3n) is 4.72. The van der Waals surface area contributed by atoms with Gasteiger partial charge in [0.15, 0.2) is 12.6 Å². The van der Waals surface area contributed by atoms with Gasteiger partial charge in [-0.05, 0) is 56.2 Å². The number of aryl methyl sites for hydroxylation is 2. The summed E-state index contributed by atoms with van der Waals surface area (Å²) in [7, 11) is 0. The molecule has 32 heavy (non-hydrogen) atoms. The van der Waals surface area contributed by atoms with Gasteiger partial charge in [0.05, 0.1) is 17.9 Å². The van der Waals surface area contributed by atoms with Crippen molar-refractivity contribution in [2.45, 2.75) is 33.9 Å². The molecule has 1 amide bonds. The van der Waals surface area contributed by atoms with Crippen molar-refractivity contribution in [1.29, 1.82) is 0 Å². The van der Waals surface area contributed by atoms with Gasteiger partial charge in [-0.2, -0.15) is 5.10 Å². The number of nitrogens with zero attached hydrogens (tertiary/aromatic N) is 3. The Hall–Kier alpha value is -3.81. The number of guanidine groups is 1. The van der Waals surface area contributed by atoms with Crippen LogP contribution in [0, 0.1) is 13.8 Å². The van der Waals surface area contributed by atoms with Crippen LogP contribution >= 0.6 is 0 Å². The van der Waals surface area contributed by atoms with E-state index < -0.39 is 5.91 Å². The van der Waals surface area contributed by atoms with Crippen molar-refractivity contribution >= 4 is 11.9 Å². The molecule has 3 rings (SSSR count). The Morgan fingerprint density at radius 2 is 1.94 bits per heavy atom. The largest absolute Gasteiger partial charge is 0.484 e. The molecule has 0 atom stereocenters. The van der Waals surface area contributed by atoms with Crippen molar-refractivity contribution in [1.82, 2.24) is 20.4 Å². The fraction of sp³-hybridized carbons (Fsp3) is 0.292. The number of nitrogens with one attached hydrogen (secondary N) is 2. The summed E-state index contributed by atoms with van der Waals surface area (Å²) in [5.41, 5.74) is 10.3. The molecule has 8 heteroatoms. The Bertz CT molecular complexity index is 1090. The summed E-state index contributed by atoms with van der Waals surface area (Å²) in [5.74, 6) is 0.792. The van der Waals surface area contributed by atoms with E-state index in [1.807, 2.05) is 48.9 Å². The number of amides is 1. The van der Waals surface area contributed by atoms with Gasteiger partial charge in [-0.25, -0.2) is 9.67 Å². The number of aromatic nitrogens is 2. The molecule has 0 saturated heterocycles. The molecule has 1 heterocycles. The number of carbonyl (C=O) groups is 1. The summed E-state index contributed by atoms with van der Waals surface area (Å²) in [6, 6.07) is 17.7. The molecule has 0 saturated carbocycles. The Balaban J connectivity index is 1.70. The number of hydrogen-bond acceptors (Lipinski definition) is 4. The van der Waals surface area contributed by atoms with Crippen LogP contribution in [0.15, 0.2) is 59.6 Å². The van der Waals surface area contributed by atoms with E-state index in [2.05, 4.69) is 45.8 Å². The second-order valence-corrected chi connectivity index (χ2v) is 7.42. The fourth-order valence-corrected chi connectivity index (χ4v) is 3.32. The molecule has 0 aliphatic rings. The van der Waals surface area contributed by atoms with Crippen LogP contribution in [0.25, 0.3) is 5.69 Å². The summed E-state index contributed by atoms with van der Waals surface area (Å²) in [6.07, 6.45) is 0. The lowest BCUT2D eigenvalue weighted by atomic mass is 10.1. The molecule has 2 aromatic carbocycles. The van der Waals surface area contributed by atoms with Gasteiger partial charge in [0.2, 0.25) is 0 Å².